The first-order chi connectivity index (χ1) is 12.1. The number of amides is 4. The van der Waals surface area contributed by atoms with Crippen LogP contribution in [0, 0.1) is 0 Å². The van der Waals surface area contributed by atoms with Crippen molar-refractivity contribution in [2.45, 2.75) is 31.3 Å². The van der Waals surface area contributed by atoms with Gasteiger partial charge in [-0.15, -0.1) is 0 Å². The van der Waals surface area contributed by atoms with Gasteiger partial charge in [0.15, 0.2) is 0 Å². The Kier molecular flexibility index (Phi) is 9.95. The van der Waals surface area contributed by atoms with E-state index < -0.39 is 73.5 Å². The molecule has 0 aliphatic carbocycles. The molecule has 13 heteroatoms. The fourth-order valence-corrected chi connectivity index (χ4v) is 1.70. The van der Waals surface area contributed by atoms with E-state index in [0.29, 0.717) is 0 Å². The summed E-state index contributed by atoms with van der Waals surface area (Å²) in [5.74, 6) is -6.21. The van der Waals surface area contributed by atoms with Crippen LogP contribution in [0.15, 0.2) is 0 Å². The summed E-state index contributed by atoms with van der Waals surface area (Å²) in [4.78, 5) is 67.5. The van der Waals surface area contributed by atoms with Crippen LogP contribution in [0.25, 0.3) is 0 Å². The van der Waals surface area contributed by atoms with Crippen molar-refractivity contribution < 1.29 is 39.0 Å². The topological polar surface area (TPSA) is 231 Å². The molecule has 0 aliphatic heterocycles. The van der Waals surface area contributed by atoms with Gasteiger partial charge in [-0.2, -0.15) is 0 Å². The normalized spacial score (nSPS) is 12.3. The monoisotopic (exact) mass is 375 g/mol. The van der Waals surface area contributed by atoms with Crippen LogP contribution in [0.4, 0.5) is 0 Å². The highest BCUT2D eigenvalue weighted by Gasteiger charge is 2.28. The average Bonchev–Trinajstić information content (AvgIpc) is 2.54. The molecule has 0 spiro atoms. The molecule has 9 N–H and O–H groups in total. The van der Waals surface area contributed by atoms with E-state index in [1.54, 1.807) is 0 Å². The van der Waals surface area contributed by atoms with Crippen molar-refractivity contribution in [2.24, 2.45) is 11.5 Å². The minimum atomic E-state index is -1.54. The number of nitrogens with one attached hydrogen (secondary N) is 3. The minimum Gasteiger partial charge on any atom is -0.481 e. The van der Waals surface area contributed by atoms with Crippen LogP contribution in [0.5, 0.6) is 0 Å². The number of hydrogen-bond acceptors (Lipinski definition) is 7. The Morgan fingerprint density at radius 3 is 2.00 bits per heavy atom. The van der Waals surface area contributed by atoms with Crippen LogP contribution >= 0.6 is 0 Å². The molecule has 2 atom stereocenters. The first kappa shape index (κ1) is 22.8. The molecule has 13 nitrogen and oxygen atoms in total. The Morgan fingerprint density at radius 1 is 0.923 bits per heavy atom. The molecule has 26 heavy (non-hydrogen) atoms. The predicted octanol–water partition coefficient (Wildman–Crippen LogP) is -4.14. The Balaban J connectivity index is 4.91. The molecule has 0 heterocycles. The molecule has 146 valence electrons. The molecule has 0 radical (unpaired) electrons. The fraction of sp³-hybridized carbons (Fsp3) is 0.538. The summed E-state index contributed by atoms with van der Waals surface area (Å²) in [5, 5.41) is 23.9. The molecule has 0 aromatic heterocycles. The van der Waals surface area contributed by atoms with E-state index in [1.165, 1.54) is 0 Å². The molecule has 0 bridgehead atoms. The highest BCUT2D eigenvalue weighted by Crippen LogP contribution is 2.01. The third kappa shape index (κ3) is 9.82. The number of rotatable bonds is 12. The summed E-state index contributed by atoms with van der Waals surface area (Å²) in [5.41, 5.74) is 10.0. The molecule has 0 aromatic carbocycles. The van der Waals surface area contributed by atoms with Gasteiger partial charge in [-0.1, -0.05) is 0 Å². The van der Waals surface area contributed by atoms with Crippen LogP contribution in [-0.4, -0.2) is 71.0 Å². The number of carboxylic acids is 2. The Morgan fingerprint density at radius 2 is 1.54 bits per heavy atom. The van der Waals surface area contributed by atoms with Crippen LogP contribution < -0.4 is 27.4 Å². The van der Waals surface area contributed by atoms with Crippen molar-refractivity contribution in [3.05, 3.63) is 0 Å². The first-order valence-electron chi connectivity index (χ1n) is 7.36. The number of primary amides is 1. The zero-order valence-electron chi connectivity index (χ0n) is 13.7. The maximum absolute atomic E-state index is 12.1. The quantitative estimate of drug-likeness (QED) is 0.175. The van der Waals surface area contributed by atoms with E-state index >= 15 is 0 Å². The number of carbonyl (C=O) groups is 6. The predicted molar refractivity (Wildman–Crippen MR) is 84.2 cm³/mol. The second kappa shape index (κ2) is 11.4. The highest BCUT2D eigenvalue weighted by molar-refractivity contribution is 5.94. The van der Waals surface area contributed by atoms with Gasteiger partial charge in [-0.25, -0.2) is 4.79 Å². The second-order valence-electron chi connectivity index (χ2n) is 5.10. The third-order valence-corrected chi connectivity index (χ3v) is 2.95. The van der Waals surface area contributed by atoms with Crippen molar-refractivity contribution in [1.82, 2.24) is 16.0 Å². The summed E-state index contributed by atoms with van der Waals surface area (Å²) in [6.07, 6.45) is -1.55. The van der Waals surface area contributed by atoms with Gasteiger partial charge in [0.2, 0.25) is 23.6 Å². The van der Waals surface area contributed by atoms with Gasteiger partial charge in [0.1, 0.15) is 12.1 Å². The van der Waals surface area contributed by atoms with Gasteiger partial charge in [-0.3, -0.25) is 24.0 Å². The second-order valence-corrected chi connectivity index (χ2v) is 5.10. The summed E-state index contributed by atoms with van der Waals surface area (Å²) >= 11 is 0. The average molecular weight is 375 g/mol. The molecular weight excluding hydrogens is 354 g/mol. The Hall–Kier alpha value is -3.22. The molecule has 0 saturated heterocycles. The molecule has 4 amide bonds. The van der Waals surface area contributed by atoms with Gasteiger partial charge in [0, 0.05) is 6.42 Å². The first-order valence-corrected chi connectivity index (χ1v) is 7.36. The molecule has 0 aromatic rings. The van der Waals surface area contributed by atoms with Gasteiger partial charge >= 0.3 is 11.9 Å². The standard InChI is InChI=1S/C13H21N5O8/c14-4-9(20)16-5-10(21)17-7(3-8(15)19)12(24)18-6(13(25)26)1-2-11(22)23/h6-7H,1-5,14H2,(H2,15,19)(H,16,20)(H,17,21)(H,18,24)(H,22,23)(H,25,26). The van der Waals surface area contributed by atoms with E-state index in [-0.39, 0.29) is 6.54 Å². The lowest BCUT2D eigenvalue weighted by Crippen LogP contribution is -2.54. The smallest absolute Gasteiger partial charge is 0.326 e. The molecular formula is C13H21N5O8. The lowest BCUT2D eigenvalue weighted by atomic mass is 10.1. The number of nitrogens with two attached hydrogens (primary N) is 2. The van der Waals surface area contributed by atoms with E-state index in [2.05, 4.69) is 10.6 Å². The number of aliphatic carboxylic acids is 2. The largest absolute Gasteiger partial charge is 0.481 e. The van der Waals surface area contributed by atoms with Gasteiger partial charge in [0.05, 0.1) is 19.5 Å². The zero-order chi connectivity index (χ0) is 20.3. The van der Waals surface area contributed by atoms with E-state index in [9.17, 15) is 28.8 Å². The molecule has 0 rings (SSSR count). The fourth-order valence-electron chi connectivity index (χ4n) is 1.70. The van der Waals surface area contributed by atoms with Crippen LogP contribution in [0.3, 0.4) is 0 Å². The summed E-state index contributed by atoms with van der Waals surface area (Å²) in [7, 11) is 0. The molecule has 2 unspecified atom stereocenters. The van der Waals surface area contributed by atoms with E-state index in [4.69, 9.17) is 21.7 Å². The van der Waals surface area contributed by atoms with Crippen molar-refractivity contribution in [1.29, 1.82) is 0 Å². The molecule has 0 aliphatic rings. The van der Waals surface area contributed by atoms with E-state index in [0.717, 1.165) is 0 Å². The van der Waals surface area contributed by atoms with E-state index in [1.807, 2.05) is 5.32 Å². The lowest BCUT2D eigenvalue weighted by molar-refractivity contribution is -0.143. The van der Waals surface area contributed by atoms with Gasteiger partial charge < -0.3 is 37.6 Å². The maximum Gasteiger partial charge on any atom is 0.326 e. The molecule has 0 fully saturated rings. The van der Waals surface area contributed by atoms with Gasteiger partial charge in [-0.05, 0) is 6.42 Å². The van der Waals surface area contributed by atoms with Crippen molar-refractivity contribution in [3.8, 4) is 0 Å². The highest BCUT2D eigenvalue weighted by atomic mass is 16.4. The third-order valence-electron chi connectivity index (χ3n) is 2.95. The van der Waals surface area contributed by atoms with Crippen molar-refractivity contribution in [2.75, 3.05) is 13.1 Å². The van der Waals surface area contributed by atoms with Crippen molar-refractivity contribution >= 4 is 35.6 Å². The number of hydrogen-bond donors (Lipinski definition) is 7. The number of carboxylic acid groups (broad SMARTS) is 2. The number of carbonyl (C=O) groups excluding carboxylic acids is 4. The van der Waals surface area contributed by atoms with Crippen LogP contribution in [0.1, 0.15) is 19.3 Å². The van der Waals surface area contributed by atoms with Crippen LogP contribution in [0.2, 0.25) is 0 Å². The minimum absolute atomic E-state index is 0.359. The maximum atomic E-state index is 12.1. The summed E-state index contributed by atoms with van der Waals surface area (Å²) in [6, 6.07) is -3.04. The zero-order valence-corrected chi connectivity index (χ0v) is 13.7. The van der Waals surface area contributed by atoms with Crippen LogP contribution in [-0.2, 0) is 28.8 Å². The lowest BCUT2D eigenvalue weighted by Gasteiger charge is -2.20. The Bertz CT molecular complexity index is 579. The molecule has 0 saturated carbocycles. The summed E-state index contributed by atoms with van der Waals surface area (Å²) in [6.45, 7) is -0.887. The Labute approximate surface area is 147 Å². The SMILES string of the molecule is NCC(=O)NCC(=O)NC(CC(N)=O)C(=O)NC(CCC(=O)O)C(=O)O. The van der Waals surface area contributed by atoms with Gasteiger partial charge in [0.25, 0.3) is 0 Å². The van der Waals surface area contributed by atoms with Crippen molar-refractivity contribution in [3.63, 3.8) is 0 Å². The summed E-state index contributed by atoms with van der Waals surface area (Å²) < 4.78 is 0.